The first-order valence-corrected chi connectivity index (χ1v) is 6.07. The molecule has 0 aliphatic heterocycles. The number of nitrogen functional groups attached to an aromatic ring is 1. The molecule has 0 spiro atoms. The van der Waals surface area contributed by atoms with Crippen LogP contribution in [0.2, 0.25) is 0 Å². The third-order valence-corrected chi connectivity index (χ3v) is 2.39. The summed E-state index contributed by atoms with van der Waals surface area (Å²) in [6.45, 7) is 3.97. The monoisotopic (exact) mass is 293 g/mol. The summed E-state index contributed by atoms with van der Waals surface area (Å²) in [7, 11) is 0. The number of aliphatic hydroxyl groups excluding tert-OH is 1. The number of nitrogens with zero attached hydrogens (tertiary/aromatic N) is 2. The lowest BCUT2D eigenvalue weighted by molar-refractivity contribution is -0.144. The number of halogens is 3. The van der Waals surface area contributed by atoms with Gasteiger partial charge in [0.1, 0.15) is 11.6 Å². The van der Waals surface area contributed by atoms with Crippen LogP contribution in [0.1, 0.15) is 26.1 Å². The molecule has 0 radical (unpaired) electrons. The molecule has 1 rings (SSSR count). The minimum atomic E-state index is -4.67. The molecule has 0 amide bonds. The first-order valence-electron chi connectivity index (χ1n) is 6.07. The van der Waals surface area contributed by atoms with Crippen LogP contribution in [0.15, 0.2) is 6.07 Å². The highest BCUT2D eigenvalue weighted by molar-refractivity contribution is 5.47. The Kier molecular flexibility index (Phi) is 5.52. The fraction of sp³-hybridized carbons (Fsp3) is 0.636. The molecule has 114 valence electrons. The van der Waals surface area contributed by atoms with Crippen molar-refractivity contribution in [3.63, 3.8) is 0 Å². The highest BCUT2D eigenvalue weighted by Crippen LogP contribution is 2.28. The number of nitrogens with two attached hydrogens (primary N) is 1. The number of rotatable bonds is 6. The second-order valence-electron chi connectivity index (χ2n) is 4.77. The number of aromatic nitrogens is 2. The Morgan fingerprint density at radius 1 is 1.30 bits per heavy atom. The molecule has 0 aliphatic rings. The molecule has 1 aromatic heterocycles. The zero-order valence-corrected chi connectivity index (χ0v) is 11.2. The van der Waals surface area contributed by atoms with E-state index in [9.17, 15) is 18.3 Å². The Bertz CT molecular complexity index is 439. The highest BCUT2D eigenvalue weighted by atomic mass is 19.4. The van der Waals surface area contributed by atoms with E-state index in [2.05, 4.69) is 15.3 Å². The Balaban J connectivity index is 2.79. The molecule has 1 unspecified atom stereocenters. The average molecular weight is 293 g/mol. The molecule has 0 aliphatic carbocycles. The van der Waals surface area contributed by atoms with E-state index < -0.39 is 18.1 Å². The predicted octanol–water partition coefficient (Wildman–Crippen LogP) is 1.60. The SMILES string of the molecule is CC(C)CC(O)CNc1cc(NN)nc(C(F)(F)F)n1. The van der Waals surface area contributed by atoms with E-state index in [4.69, 9.17) is 5.84 Å². The standard InChI is InChI=1S/C11H18F3N5O/c1-6(2)3-7(20)5-16-8-4-9(19-15)18-10(17-8)11(12,13)14/h4,6-7,20H,3,5,15H2,1-2H3,(H2,16,17,18,19). The quantitative estimate of drug-likeness (QED) is 0.470. The van der Waals surface area contributed by atoms with Crippen molar-refractivity contribution < 1.29 is 18.3 Å². The lowest BCUT2D eigenvalue weighted by atomic mass is 10.1. The van der Waals surface area contributed by atoms with Crippen molar-refractivity contribution in [1.29, 1.82) is 0 Å². The van der Waals surface area contributed by atoms with Crippen molar-refractivity contribution in [2.24, 2.45) is 11.8 Å². The van der Waals surface area contributed by atoms with Crippen LogP contribution < -0.4 is 16.6 Å². The van der Waals surface area contributed by atoms with Gasteiger partial charge in [0.05, 0.1) is 6.10 Å². The van der Waals surface area contributed by atoms with Crippen LogP contribution in [0.25, 0.3) is 0 Å². The number of hydrogen-bond acceptors (Lipinski definition) is 6. The van der Waals surface area contributed by atoms with E-state index >= 15 is 0 Å². The van der Waals surface area contributed by atoms with E-state index in [1.807, 2.05) is 19.3 Å². The second kappa shape index (κ2) is 6.71. The van der Waals surface area contributed by atoms with Crippen LogP contribution in [0, 0.1) is 5.92 Å². The Hall–Kier alpha value is -1.61. The van der Waals surface area contributed by atoms with Gasteiger partial charge < -0.3 is 15.8 Å². The van der Waals surface area contributed by atoms with E-state index in [0.717, 1.165) is 0 Å². The summed E-state index contributed by atoms with van der Waals surface area (Å²) in [6, 6.07) is 1.23. The van der Waals surface area contributed by atoms with Crippen molar-refractivity contribution in [1.82, 2.24) is 9.97 Å². The maximum atomic E-state index is 12.6. The van der Waals surface area contributed by atoms with E-state index in [0.29, 0.717) is 6.42 Å². The first-order chi connectivity index (χ1) is 9.22. The topological polar surface area (TPSA) is 96.1 Å². The van der Waals surface area contributed by atoms with Crippen molar-refractivity contribution in [3.05, 3.63) is 11.9 Å². The zero-order chi connectivity index (χ0) is 15.3. The molecule has 0 fully saturated rings. The molecule has 0 aromatic carbocycles. The summed E-state index contributed by atoms with van der Waals surface area (Å²) in [6.07, 6.45) is -4.81. The fourth-order valence-electron chi connectivity index (χ4n) is 1.59. The van der Waals surface area contributed by atoms with Gasteiger partial charge in [0.25, 0.3) is 0 Å². The Morgan fingerprint density at radius 2 is 1.90 bits per heavy atom. The molecule has 1 atom stereocenters. The number of anilines is 2. The Morgan fingerprint density at radius 3 is 2.40 bits per heavy atom. The predicted molar refractivity (Wildman–Crippen MR) is 68.8 cm³/mol. The molecule has 1 heterocycles. The summed E-state index contributed by atoms with van der Waals surface area (Å²) < 4.78 is 37.8. The van der Waals surface area contributed by atoms with Gasteiger partial charge in [-0.15, -0.1) is 0 Å². The van der Waals surface area contributed by atoms with Crippen molar-refractivity contribution in [2.45, 2.75) is 32.5 Å². The molecule has 6 nitrogen and oxygen atoms in total. The van der Waals surface area contributed by atoms with Crippen LogP contribution in [0.4, 0.5) is 24.8 Å². The number of hydrogen-bond donors (Lipinski definition) is 4. The summed E-state index contributed by atoms with van der Waals surface area (Å²) in [5, 5.41) is 12.3. The minimum Gasteiger partial charge on any atom is -0.391 e. The van der Waals surface area contributed by atoms with Crippen molar-refractivity contribution >= 4 is 11.6 Å². The zero-order valence-electron chi connectivity index (χ0n) is 11.2. The maximum absolute atomic E-state index is 12.6. The maximum Gasteiger partial charge on any atom is 0.451 e. The van der Waals surface area contributed by atoms with E-state index in [1.54, 1.807) is 0 Å². The second-order valence-corrected chi connectivity index (χ2v) is 4.77. The number of aliphatic hydroxyl groups is 1. The smallest absolute Gasteiger partial charge is 0.391 e. The molecule has 5 N–H and O–H groups in total. The van der Waals surface area contributed by atoms with Gasteiger partial charge in [-0.05, 0) is 12.3 Å². The summed E-state index contributed by atoms with van der Waals surface area (Å²) in [5.41, 5.74) is 2.05. The van der Waals surface area contributed by atoms with Gasteiger partial charge in [-0.25, -0.2) is 15.8 Å². The molecule has 0 bridgehead atoms. The van der Waals surface area contributed by atoms with Gasteiger partial charge in [0.2, 0.25) is 5.82 Å². The van der Waals surface area contributed by atoms with E-state index in [1.165, 1.54) is 6.07 Å². The van der Waals surface area contributed by atoms with Crippen LogP contribution in [0.5, 0.6) is 0 Å². The summed E-state index contributed by atoms with van der Waals surface area (Å²) >= 11 is 0. The molecule has 0 saturated carbocycles. The van der Waals surface area contributed by atoms with Gasteiger partial charge in [-0.3, -0.25) is 0 Å². The molecule has 9 heteroatoms. The number of nitrogens with one attached hydrogen (secondary N) is 2. The molecule has 0 saturated heterocycles. The first kappa shape index (κ1) is 16.4. The molecular formula is C11H18F3N5O. The minimum absolute atomic E-state index is 0.0527. The van der Waals surface area contributed by atoms with E-state index in [-0.39, 0.29) is 24.1 Å². The number of hydrazine groups is 1. The summed E-state index contributed by atoms with van der Waals surface area (Å²) in [5.74, 6) is 3.84. The van der Waals surface area contributed by atoms with Crippen molar-refractivity contribution in [2.75, 3.05) is 17.3 Å². The Labute approximate surface area is 114 Å². The van der Waals surface area contributed by atoms with Gasteiger partial charge in [-0.1, -0.05) is 13.8 Å². The van der Waals surface area contributed by atoms with Gasteiger partial charge in [0.15, 0.2) is 0 Å². The highest BCUT2D eigenvalue weighted by Gasteiger charge is 2.35. The molecule has 20 heavy (non-hydrogen) atoms. The largest absolute Gasteiger partial charge is 0.451 e. The van der Waals surface area contributed by atoms with Gasteiger partial charge in [0, 0.05) is 12.6 Å². The van der Waals surface area contributed by atoms with Gasteiger partial charge >= 0.3 is 6.18 Å². The van der Waals surface area contributed by atoms with Crippen LogP contribution in [-0.4, -0.2) is 27.7 Å². The van der Waals surface area contributed by atoms with Gasteiger partial charge in [-0.2, -0.15) is 13.2 Å². The molecule has 1 aromatic rings. The third-order valence-electron chi connectivity index (χ3n) is 2.39. The number of alkyl halides is 3. The lowest BCUT2D eigenvalue weighted by Crippen LogP contribution is -2.23. The lowest BCUT2D eigenvalue weighted by Gasteiger charge is -2.15. The van der Waals surface area contributed by atoms with Crippen molar-refractivity contribution in [3.8, 4) is 0 Å². The van der Waals surface area contributed by atoms with Crippen LogP contribution in [-0.2, 0) is 6.18 Å². The molecular weight excluding hydrogens is 275 g/mol. The normalized spacial score (nSPS) is 13.4. The van der Waals surface area contributed by atoms with Crippen LogP contribution >= 0.6 is 0 Å². The average Bonchev–Trinajstić information content (AvgIpc) is 2.34. The fourth-order valence-corrected chi connectivity index (χ4v) is 1.59. The van der Waals surface area contributed by atoms with Crippen LogP contribution in [0.3, 0.4) is 0 Å². The summed E-state index contributed by atoms with van der Waals surface area (Å²) in [4.78, 5) is 6.57. The third kappa shape index (κ3) is 5.17.